The first-order valence-electron chi connectivity index (χ1n) is 10.2. The van der Waals surface area contributed by atoms with Gasteiger partial charge in [-0.1, -0.05) is 50.4 Å². The van der Waals surface area contributed by atoms with Crippen molar-refractivity contribution in [1.82, 2.24) is 10.2 Å². The largest absolute Gasteiger partial charge is 0.355 e. The molecule has 6 heteroatoms. The van der Waals surface area contributed by atoms with Crippen molar-refractivity contribution < 1.29 is 9.59 Å². The first kappa shape index (κ1) is 21.3. The second kappa shape index (κ2) is 9.84. The second-order valence-electron chi connectivity index (χ2n) is 8.04. The summed E-state index contributed by atoms with van der Waals surface area (Å²) in [5, 5.41) is 3.99. The van der Waals surface area contributed by atoms with E-state index in [9.17, 15) is 9.59 Å². The summed E-state index contributed by atoms with van der Waals surface area (Å²) < 4.78 is 0. The quantitative estimate of drug-likeness (QED) is 0.677. The Kier molecular flexibility index (Phi) is 7.47. The van der Waals surface area contributed by atoms with Gasteiger partial charge in [0.2, 0.25) is 5.91 Å². The van der Waals surface area contributed by atoms with E-state index >= 15 is 0 Å². The number of halogens is 1. The monoisotopic (exact) mass is 420 g/mol. The molecule has 0 bridgehead atoms. The fourth-order valence-electron chi connectivity index (χ4n) is 3.82. The number of fused-ring (bicyclic) bond motifs is 1. The molecule has 1 aromatic rings. The summed E-state index contributed by atoms with van der Waals surface area (Å²) in [7, 11) is 0. The van der Waals surface area contributed by atoms with Crippen molar-refractivity contribution in [2.75, 3.05) is 13.1 Å². The lowest BCUT2D eigenvalue weighted by molar-refractivity contribution is -0.135. The topological polar surface area (TPSA) is 49.4 Å². The van der Waals surface area contributed by atoms with Crippen LogP contribution in [-0.2, 0) is 9.59 Å². The molecule has 1 aliphatic carbocycles. The highest BCUT2D eigenvalue weighted by atomic mass is 35.5. The van der Waals surface area contributed by atoms with E-state index < -0.39 is 0 Å². The zero-order chi connectivity index (χ0) is 20.1. The highest BCUT2D eigenvalue weighted by molar-refractivity contribution is 8.04. The third kappa shape index (κ3) is 5.54. The zero-order valence-electron chi connectivity index (χ0n) is 16.6. The molecular formula is C22H29ClN2O2S. The van der Waals surface area contributed by atoms with Crippen molar-refractivity contribution in [2.45, 2.75) is 57.2 Å². The third-order valence-corrected chi connectivity index (χ3v) is 6.96. The van der Waals surface area contributed by atoms with Gasteiger partial charge in [-0.25, -0.2) is 0 Å². The lowest BCUT2D eigenvalue weighted by Gasteiger charge is -2.43. The Bertz CT molecular complexity index is 750. The summed E-state index contributed by atoms with van der Waals surface area (Å²) >= 11 is 7.77. The number of amides is 2. The lowest BCUT2D eigenvalue weighted by atomic mass is 9.93. The molecule has 152 valence electrons. The predicted octanol–water partition coefficient (Wildman–Crippen LogP) is 4.73. The molecule has 1 aromatic carbocycles. The van der Waals surface area contributed by atoms with Crippen LogP contribution in [0.2, 0.25) is 5.02 Å². The van der Waals surface area contributed by atoms with E-state index in [1.165, 1.54) is 6.42 Å². The van der Waals surface area contributed by atoms with Gasteiger partial charge in [0.05, 0.1) is 4.91 Å². The predicted molar refractivity (Wildman–Crippen MR) is 117 cm³/mol. The molecular weight excluding hydrogens is 392 g/mol. The zero-order valence-corrected chi connectivity index (χ0v) is 18.2. The molecule has 3 rings (SSSR count). The molecule has 1 N–H and O–H groups in total. The number of thioether (sulfide) groups is 1. The number of carbonyl (C=O) groups is 2. The summed E-state index contributed by atoms with van der Waals surface area (Å²) in [6.07, 6.45) is 7.22. The van der Waals surface area contributed by atoms with Crippen LogP contribution in [0.15, 0.2) is 29.2 Å². The lowest BCUT2D eigenvalue weighted by Crippen LogP contribution is -2.54. The maximum Gasteiger partial charge on any atom is 0.261 e. The van der Waals surface area contributed by atoms with E-state index in [1.807, 2.05) is 30.3 Å². The van der Waals surface area contributed by atoms with Gasteiger partial charge in [0, 0.05) is 22.9 Å². The summed E-state index contributed by atoms with van der Waals surface area (Å²) in [6, 6.07) is 7.67. The first-order valence-corrected chi connectivity index (χ1v) is 11.4. The number of rotatable bonds is 6. The van der Waals surface area contributed by atoms with Crippen molar-refractivity contribution in [3.8, 4) is 0 Å². The molecule has 1 saturated carbocycles. The molecule has 2 aliphatic rings. The van der Waals surface area contributed by atoms with Crippen molar-refractivity contribution in [3.05, 3.63) is 39.8 Å². The normalized spacial score (nSPS) is 23.8. The van der Waals surface area contributed by atoms with Gasteiger partial charge >= 0.3 is 0 Å². The summed E-state index contributed by atoms with van der Waals surface area (Å²) in [6.45, 7) is 5.08. The van der Waals surface area contributed by atoms with Gasteiger partial charge in [0.25, 0.3) is 5.91 Å². The smallest absolute Gasteiger partial charge is 0.261 e. The molecule has 1 heterocycles. The SMILES string of the molecule is CC(C)CCNC(=O)CN1C(=O)/C(=C/c2cccc(Cl)c2)SC2CCCCC21. The molecule has 2 amide bonds. The van der Waals surface area contributed by atoms with Crippen LogP contribution in [0, 0.1) is 5.92 Å². The fraction of sp³-hybridized carbons (Fsp3) is 0.545. The van der Waals surface area contributed by atoms with Gasteiger partial charge in [-0.2, -0.15) is 0 Å². The maximum absolute atomic E-state index is 13.2. The van der Waals surface area contributed by atoms with E-state index in [1.54, 1.807) is 16.7 Å². The summed E-state index contributed by atoms with van der Waals surface area (Å²) in [4.78, 5) is 28.2. The van der Waals surface area contributed by atoms with Gasteiger partial charge in [-0.15, -0.1) is 11.8 Å². The maximum atomic E-state index is 13.2. The van der Waals surface area contributed by atoms with Crippen LogP contribution in [0.1, 0.15) is 51.5 Å². The molecule has 1 saturated heterocycles. The molecule has 28 heavy (non-hydrogen) atoms. The molecule has 0 aromatic heterocycles. The minimum absolute atomic E-state index is 0.0351. The van der Waals surface area contributed by atoms with Crippen LogP contribution in [0.5, 0.6) is 0 Å². The van der Waals surface area contributed by atoms with Crippen molar-refractivity contribution >= 4 is 41.3 Å². The summed E-state index contributed by atoms with van der Waals surface area (Å²) in [5.41, 5.74) is 0.916. The molecule has 2 atom stereocenters. The van der Waals surface area contributed by atoms with Crippen molar-refractivity contribution in [2.24, 2.45) is 5.92 Å². The number of carbonyl (C=O) groups excluding carboxylic acids is 2. The molecule has 0 spiro atoms. The minimum Gasteiger partial charge on any atom is -0.355 e. The average Bonchev–Trinajstić information content (AvgIpc) is 2.65. The molecule has 1 aliphatic heterocycles. The highest BCUT2D eigenvalue weighted by Gasteiger charge is 2.41. The van der Waals surface area contributed by atoms with Crippen LogP contribution in [0.3, 0.4) is 0 Å². The highest BCUT2D eigenvalue weighted by Crippen LogP contribution is 2.42. The Balaban J connectivity index is 1.76. The van der Waals surface area contributed by atoms with E-state index in [0.29, 0.717) is 27.6 Å². The first-order chi connectivity index (χ1) is 13.4. The van der Waals surface area contributed by atoms with Crippen molar-refractivity contribution in [3.63, 3.8) is 0 Å². The van der Waals surface area contributed by atoms with Crippen LogP contribution < -0.4 is 5.32 Å². The van der Waals surface area contributed by atoms with Gasteiger partial charge in [0.15, 0.2) is 0 Å². The van der Waals surface area contributed by atoms with E-state index in [2.05, 4.69) is 19.2 Å². The Labute approximate surface area is 177 Å². The number of hydrogen-bond donors (Lipinski definition) is 1. The number of nitrogens with one attached hydrogen (secondary N) is 1. The molecule has 2 fully saturated rings. The summed E-state index contributed by atoms with van der Waals surface area (Å²) in [5.74, 6) is 0.447. The third-order valence-electron chi connectivity index (χ3n) is 5.32. The Morgan fingerprint density at radius 3 is 2.89 bits per heavy atom. The molecule has 4 nitrogen and oxygen atoms in total. The number of benzene rings is 1. The van der Waals surface area contributed by atoms with Crippen molar-refractivity contribution in [1.29, 1.82) is 0 Å². The van der Waals surface area contributed by atoms with Crippen LogP contribution in [-0.4, -0.2) is 41.1 Å². The van der Waals surface area contributed by atoms with Gasteiger partial charge in [-0.3, -0.25) is 9.59 Å². The standard InChI is InChI=1S/C22H29ClN2O2S/c1-15(2)10-11-24-21(26)14-25-18-8-3-4-9-19(18)28-20(22(25)27)13-16-6-5-7-17(23)12-16/h5-7,12-13,15,18-19H,3-4,8-11,14H2,1-2H3,(H,24,26)/b20-13-. The number of hydrogen-bond acceptors (Lipinski definition) is 3. The van der Waals surface area contributed by atoms with Crippen LogP contribution in [0.25, 0.3) is 6.08 Å². The Hall–Kier alpha value is -1.46. The van der Waals surface area contributed by atoms with E-state index in [-0.39, 0.29) is 24.4 Å². The van der Waals surface area contributed by atoms with Crippen LogP contribution in [0.4, 0.5) is 0 Å². The van der Waals surface area contributed by atoms with Gasteiger partial charge in [0.1, 0.15) is 6.54 Å². The number of nitrogens with zero attached hydrogens (tertiary/aromatic N) is 1. The van der Waals surface area contributed by atoms with E-state index in [4.69, 9.17) is 11.6 Å². The van der Waals surface area contributed by atoms with E-state index in [0.717, 1.165) is 31.2 Å². The van der Waals surface area contributed by atoms with Crippen LogP contribution >= 0.6 is 23.4 Å². The average molecular weight is 421 g/mol. The molecule has 2 unspecified atom stereocenters. The Morgan fingerprint density at radius 2 is 2.14 bits per heavy atom. The molecule has 0 radical (unpaired) electrons. The fourth-order valence-corrected chi connectivity index (χ4v) is 5.49. The second-order valence-corrected chi connectivity index (χ2v) is 9.75. The minimum atomic E-state index is -0.0627. The van der Waals surface area contributed by atoms with Gasteiger partial charge in [-0.05, 0) is 49.0 Å². The van der Waals surface area contributed by atoms with Gasteiger partial charge < -0.3 is 10.2 Å². The Morgan fingerprint density at radius 1 is 1.36 bits per heavy atom.